The number of hydrogen-bond donors (Lipinski definition) is 2. The third-order valence-electron chi connectivity index (χ3n) is 4.12. The van der Waals surface area contributed by atoms with E-state index < -0.39 is 31.5 Å². The maximum Gasteiger partial charge on any atom is 0.264 e. The van der Waals surface area contributed by atoms with Crippen molar-refractivity contribution in [3.05, 3.63) is 77.1 Å². The molecule has 0 radical (unpaired) electrons. The summed E-state index contributed by atoms with van der Waals surface area (Å²) in [5.74, 6) is -1.82. The summed E-state index contributed by atoms with van der Waals surface area (Å²) in [5, 5.41) is 2.93. The molecule has 0 bridgehead atoms. The number of aryl methyl sites for hydroxylation is 1. The van der Waals surface area contributed by atoms with E-state index in [0.717, 1.165) is 0 Å². The smallest absolute Gasteiger partial charge is 0.264 e. The van der Waals surface area contributed by atoms with Crippen molar-refractivity contribution in [1.82, 2.24) is 9.97 Å². The predicted molar refractivity (Wildman–Crippen MR) is 122 cm³/mol. The number of nitrogens with zero attached hydrogens (tertiary/aromatic N) is 2. The Balaban J connectivity index is 1.62. The van der Waals surface area contributed by atoms with Crippen LogP contribution in [0.3, 0.4) is 0 Å². The molecule has 32 heavy (non-hydrogen) atoms. The molecule has 12 heteroatoms. The first-order valence-electron chi connectivity index (χ1n) is 9.20. The lowest BCUT2D eigenvalue weighted by molar-refractivity contribution is -0.113. The van der Waals surface area contributed by atoms with Crippen LogP contribution in [0.1, 0.15) is 11.3 Å². The summed E-state index contributed by atoms with van der Waals surface area (Å²) in [6, 6.07) is 13.2. The molecule has 0 saturated carbocycles. The molecule has 3 aromatic rings. The van der Waals surface area contributed by atoms with Crippen LogP contribution in [-0.2, 0) is 30.4 Å². The Kier molecular flexibility index (Phi) is 7.12. The first kappa shape index (κ1) is 23.6. The quantitative estimate of drug-likeness (QED) is 0.491. The van der Waals surface area contributed by atoms with Crippen molar-refractivity contribution in [2.75, 3.05) is 15.8 Å². The maximum absolute atomic E-state index is 12.5. The molecule has 2 N–H and O–H groups in total. The van der Waals surface area contributed by atoms with E-state index >= 15 is 0 Å². The molecule has 168 valence electrons. The summed E-state index contributed by atoms with van der Waals surface area (Å²) in [5.41, 5.74) is 1.37. The largest absolute Gasteiger partial charge is 0.325 e. The predicted octanol–water partition coefficient (Wildman–Crippen LogP) is 2.79. The molecule has 0 saturated heterocycles. The number of sulfone groups is 1. The molecule has 0 atom stereocenters. The fraction of sp³-hybridized carbons (Fsp3) is 0.150. The molecular formula is C20H19ClN4O5S2. The molecule has 1 aromatic heterocycles. The second-order valence-electron chi connectivity index (χ2n) is 6.86. The Morgan fingerprint density at radius 1 is 0.969 bits per heavy atom. The van der Waals surface area contributed by atoms with E-state index in [9.17, 15) is 21.6 Å². The van der Waals surface area contributed by atoms with E-state index in [2.05, 4.69) is 20.0 Å². The van der Waals surface area contributed by atoms with Crippen LogP contribution >= 0.6 is 11.6 Å². The first-order chi connectivity index (χ1) is 15.0. The molecule has 9 nitrogen and oxygen atoms in total. The molecule has 1 amide bonds. The lowest BCUT2D eigenvalue weighted by Crippen LogP contribution is -2.24. The standard InChI is InChI=1S/C20H19ClN4O5S2/c1-14-10-11-22-20(23-14)25-32(29,30)18-8-6-17(7-9-18)24-19(26)13-31(27,28)12-15-2-4-16(21)5-3-15/h2-11H,12-13H2,1H3,(H,24,26)(H,22,23,25). The third-order valence-corrected chi connectivity index (χ3v) is 7.19. The minimum absolute atomic E-state index is 0.0618. The van der Waals surface area contributed by atoms with E-state index in [1.807, 2.05) is 0 Å². The zero-order chi connectivity index (χ0) is 23.4. The Bertz CT molecular complexity index is 1330. The van der Waals surface area contributed by atoms with Gasteiger partial charge in [-0.05, 0) is 55.0 Å². The number of carbonyl (C=O) groups excluding carboxylic acids is 1. The van der Waals surface area contributed by atoms with Gasteiger partial charge in [0.25, 0.3) is 10.0 Å². The zero-order valence-electron chi connectivity index (χ0n) is 16.8. The van der Waals surface area contributed by atoms with E-state index in [1.54, 1.807) is 37.3 Å². The molecule has 0 aliphatic heterocycles. The van der Waals surface area contributed by atoms with Crippen LogP contribution in [0.2, 0.25) is 5.02 Å². The zero-order valence-corrected chi connectivity index (χ0v) is 19.2. The Morgan fingerprint density at radius 3 is 2.25 bits per heavy atom. The number of hydrogen-bond acceptors (Lipinski definition) is 7. The van der Waals surface area contributed by atoms with Crippen LogP contribution in [0.15, 0.2) is 65.7 Å². The summed E-state index contributed by atoms with van der Waals surface area (Å²) < 4.78 is 51.7. The number of rotatable bonds is 8. The third kappa shape index (κ3) is 6.74. The van der Waals surface area contributed by atoms with Gasteiger partial charge in [-0.15, -0.1) is 0 Å². The number of anilines is 2. The van der Waals surface area contributed by atoms with Crippen LogP contribution in [0.5, 0.6) is 0 Å². The van der Waals surface area contributed by atoms with E-state index in [4.69, 9.17) is 11.6 Å². The van der Waals surface area contributed by atoms with Gasteiger partial charge >= 0.3 is 0 Å². The molecule has 0 spiro atoms. The van der Waals surface area contributed by atoms with Crippen molar-refractivity contribution >= 4 is 49.0 Å². The average Bonchev–Trinajstić information content (AvgIpc) is 2.69. The van der Waals surface area contributed by atoms with Crippen molar-refractivity contribution in [3.63, 3.8) is 0 Å². The minimum atomic E-state index is -3.93. The average molecular weight is 495 g/mol. The van der Waals surface area contributed by atoms with Gasteiger partial charge < -0.3 is 5.32 Å². The lowest BCUT2D eigenvalue weighted by Gasteiger charge is -2.09. The minimum Gasteiger partial charge on any atom is -0.325 e. The molecule has 1 heterocycles. The summed E-state index contributed by atoms with van der Waals surface area (Å²) in [4.78, 5) is 19.9. The van der Waals surface area contributed by atoms with Gasteiger partial charge in [-0.25, -0.2) is 31.5 Å². The fourth-order valence-electron chi connectivity index (χ4n) is 2.68. The first-order valence-corrected chi connectivity index (χ1v) is 12.9. The maximum atomic E-state index is 12.5. The van der Waals surface area contributed by atoms with Crippen LogP contribution in [0.4, 0.5) is 11.6 Å². The van der Waals surface area contributed by atoms with Gasteiger partial charge in [0.15, 0.2) is 9.84 Å². The molecule has 0 fully saturated rings. The summed E-state index contributed by atoms with van der Waals surface area (Å²) >= 11 is 5.78. The van der Waals surface area contributed by atoms with Gasteiger partial charge in [0.1, 0.15) is 5.75 Å². The van der Waals surface area contributed by atoms with Crippen molar-refractivity contribution in [1.29, 1.82) is 0 Å². The van der Waals surface area contributed by atoms with Gasteiger partial charge in [-0.2, -0.15) is 0 Å². The van der Waals surface area contributed by atoms with Gasteiger partial charge in [-0.3, -0.25) is 4.79 Å². The van der Waals surface area contributed by atoms with Crippen LogP contribution < -0.4 is 10.0 Å². The molecule has 2 aromatic carbocycles. The number of nitrogens with one attached hydrogen (secondary N) is 2. The highest BCUT2D eigenvalue weighted by atomic mass is 35.5. The topological polar surface area (TPSA) is 135 Å². The molecular weight excluding hydrogens is 476 g/mol. The van der Waals surface area contributed by atoms with Crippen LogP contribution in [-0.4, -0.2) is 38.5 Å². The highest BCUT2D eigenvalue weighted by Crippen LogP contribution is 2.17. The number of sulfonamides is 1. The van der Waals surface area contributed by atoms with E-state index in [-0.39, 0.29) is 22.3 Å². The van der Waals surface area contributed by atoms with Crippen molar-refractivity contribution < 1.29 is 21.6 Å². The normalized spacial score (nSPS) is 11.7. The van der Waals surface area contributed by atoms with E-state index in [1.165, 1.54) is 30.5 Å². The molecule has 0 aliphatic carbocycles. The number of aromatic nitrogens is 2. The molecule has 3 rings (SSSR count). The molecule has 0 unspecified atom stereocenters. The second kappa shape index (κ2) is 9.63. The number of carbonyl (C=O) groups is 1. The van der Waals surface area contributed by atoms with Crippen LogP contribution in [0, 0.1) is 6.92 Å². The van der Waals surface area contributed by atoms with Gasteiger partial charge in [0.05, 0.1) is 10.6 Å². The van der Waals surface area contributed by atoms with Crippen molar-refractivity contribution in [2.24, 2.45) is 0 Å². The Hall–Kier alpha value is -3.02. The fourth-order valence-corrected chi connectivity index (χ4v) is 5.03. The number of halogens is 1. The molecule has 0 aliphatic rings. The Labute approximate surface area is 190 Å². The van der Waals surface area contributed by atoms with E-state index in [0.29, 0.717) is 16.3 Å². The SMILES string of the molecule is Cc1ccnc(NS(=O)(=O)c2ccc(NC(=O)CS(=O)(=O)Cc3ccc(Cl)cc3)cc2)n1. The lowest BCUT2D eigenvalue weighted by atomic mass is 10.2. The van der Waals surface area contributed by atoms with Gasteiger partial charge in [0, 0.05) is 22.6 Å². The summed E-state index contributed by atoms with van der Waals surface area (Å²) in [7, 11) is -7.65. The highest BCUT2D eigenvalue weighted by molar-refractivity contribution is 7.92. The van der Waals surface area contributed by atoms with Gasteiger partial charge in [0.2, 0.25) is 11.9 Å². The highest BCUT2D eigenvalue weighted by Gasteiger charge is 2.19. The monoisotopic (exact) mass is 494 g/mol. The van der Waals surface area contributed by atoms with Crippen molar-refractivity contribution in [2.45, 2.75) is 17.6 Å². The summed E-state index contributed by atoms with van der Waals surface area (Å²) in [6.07, 6.45) is 1.43. The second-order valence-corrected chi connectivity index (χ2v) is 11.0. The Morgan fingerprint density at radius 2 is 1.62 bits per heavy atom. The van der Waals surface area contributed by atoms with Crippen molar-refractivity contribution in [3.8, 4) is 0 Å². The number of amides is 1. The summed E-state index contributed by atoms with van der Waals surface area (Å²) in [6.45, 7) is 1.70. The van der Waals surface area contributed by atoms with Gasteiger partial charge in [-0.1, -0.05) is 23.7 Å². The van der Waals surface area contributed by atoms with Crippen LogP contribution in [0.25, 0.3) is 0 Å². The number of benzene rings is 2.